The number of piperazine rings is 1. The van der Waals surface area contributed by atoms with Gasteiger partial charge in [0.15, 0.2) is 5.96 Å². The van der Waals surface area contributed by atoms with Crippen molar-refractivity contribution in [2.75, 3.05) is 59.4 Å². The maximum atomic E-state index is 12.6. The SMILES string of the molecule is CN=C(NCCCC(=O)NC1CC1)N1CCN(CC(=O)N2CCCCCC2)CC1. The van der Waals surface area contributed by atoms with Crippen LogP contribution in [-0.4, -0.2) is 97.9 Å². The van der Waals surface area contributed by atoms with E-state index in [0.717, 1.165) is 83.9 Å². The highest BCUT2D eigenvalue weighted by Crippen LogP contribution is 2.18. The number of amides is 2. The number of carbonyl (C=O) groups is 2. The Balaban J connectivity index is 1.31. The van der Waals surface area contributed by atoms with E-state index in [1.54, 1.807) is 7.05 Å². The highest BCUT2D eigenvalue weighted by Gasteiger charge is 2.24. The molecule has 1 aliphatic carbocycles. The van der Waals surface area contributed by atoms with Crippen molar-refractivity contribution in [1.29, 1.82) is 0 Å². The quantitative estimate of drug-likeness (QED) is 0.369. The molecule has 29 heavy (non-hydrogen) atoms. The summed E-state index contributed by atoms with van der Waals surface area (Å²) in [5.74, 6) is 1.34. The number of guanidine groups is 1. The summed E-state index contributed by atoms with van der Waals surface area (Å²) in [6, 6.07) is 0.436. The lowest BCUT2D eigenvalue weighted by Gasteiger charge is -2.37. The number of carbonyl (C=O) groups excluding carboxylic acids is 2. The Hall–Kier alpha value is -1.83. The fraction of sp³-hybridized carbons (Fsp3) is 0.857. The summed E-state index contributed by atoms with van der Waals surface area (Å²) in [4.78, 5) is 35.3. The van der Waals surface area contributed by atoms with Gasteiger partial charge in [-0.2, -0.15) is 0 Å². The number of hydrogen-bond donors (Lipinski definition) is 2. The van der Waals surface area contributed by atoms with Crippen molar-refractivity contribution in [3.8, 4) is 0 Å². The third kappa shape index (κ3) is 7.49. The van der Waals surface area contributed by atoms with E-state index in [1.807, 2.05) is 0 Å². The van der Waals surface area contributed by atoms with E-state index in [0.29, 0.717) is 19.0 Å². The fourth-order valence-electron chi connectivity index (χ4n) is 4.04. The second-order valence-corrected chi connectivity index (χ2v) is 8.48. The normalized spacial score (nSPS) is 21.6. The van der Waals surface area contributed by atoms with E-state index in [-0.39, 0.29) is 11.8 Å². The molecule has 0 aromatic rings. The van der Waals surface area contributed by atoms with Crippen molar-refractivity contribution in [3.05, 3.63) is 0 Å². The summed E-state index contributed by atoms with van der Waals surface area (Å²) < 4.78 is 0. The van der Waals surface area contributed by atoms with Crippen LogP contribution in [0, 0.1) is 0 Å². The molecule has 8 nitrogen and oxygen atoms in total. The van der Waals surface area contributed by atoms with Crippen molar-refractivity contribution in [2.24, 2.45) is 4.99 Å². The molecule has 2 amide bonds. The van der Waals surface area contributed by atoms with Crippen LogP contribution in [0.1, 0.15) is 51.4 Å². The first-order chi connectivity index (χ1) is 14.2. The number of rotatable bonds is 7. The summed E-state index contributed by atoms with van der Waals surface area (Å²) in [5, 5.41) is 6.40. The Morgan fingerprint density at radius 3 is 2.24 bits per heavy atom. The lowest BCUT2D eigenvalue weighted by Crippen LogP contribution is -2.54. The van der Waals surface area contributed by atoms with E-state index in [9.17, 15) is 9.59 Å². The minimum Gasteiger partial charge on any atom is -0.356 e. The molecule has 0 atom stereocenters. The first kappa shape index (κ1) is 21.9. The molecule has 0 bridgehead atoms. The van der Waals surface area contributed by atoms with Crippen LogP contribution < -0.4 is 10.6 Å². The van der Waals surface area contributed by atoms with E-state index < -0.39 is 0 Å². The molecule has 0 spiro atoms. The lowest BCUT2D eigenvalue weighted by molar-refractivity contribution is -0.132. The monoisotopic (exact) mass is 406 g/mol. The van der Waals surface area contributed by atoms with Gasteiger partial charge in [-0.3, -0.25) is 19.5 Å². The fourth-order valence-corrected chi connectivity index (χ4v) is 4.04. The van der Waals surface area contributed by atoms with Gasteiger partial charge in [-0.1, -0.05) is 12.8 Å². The molecule has 0 aromatic carbocycles. The Morgan fingerprint density at radius 2 is 1.62 bits per heavy atom. The maximum absolute atomic E-state index is 12.6. The second kappa shape index (κ2) is 11.4. The van der Waals surface area contributed by atoms with E-state index >= 15 is 0 Å². The lowest BCUT2D eigenvalue weighted by atomic mass is 10.2. The molecule has 164 valence electrons. The summed E-state index contributed by atoms with van der Waals surface area (Å²) in [6.07, 6.45) is 8.42. The third-order valence-electron chi connectivity index (χ3n) is 6.01. The predicted octanol–water partition coefficient (Wildman–Crippen LogP) is 0.641. The molecule has 2 saturated heterocycles. The highest BCUT2D eigenvalue weighted by molar-refractivity contribution is 5.80. The van der Waals surface area contributed by atoms with Gasteiger partial charge >= 0.3 is 0 Å². The molecule has 3 rings (SSSR count). The zero-order valence-electron chi connectivity index (χ0n) is 18.0. The van der Waals surface area contributed by atoms with Crippen LogP contribution in [0.15, 0.2) is 4.99 Å². The van der Waals surface area contributed by atoms with Crippen LogP contribution in [0.5, 0.6) is 0 Å². The van der Waals surface area contributed by atoms with E-state index in [1.165, 1.54) is 12.8 Å². The third-order valence-corrected chi connectivity index (χ3v) is 6.01. The number of hydrogen-bond acceptors (Lipinski definition) is 4. The van der Waals surface area contributed by atoms with Crippen molar-refractivity contribution < 1.29 is 9.59 Å². The predicted molar refractivity (Wildman–Crippen MR) is 115 cm³/mol. The van der Waals surface area contributed by atoms with Gasteiger partial charge in [0.25, 0.3) is 0 Å². The first-order valence-corrected chi connectivity index (χ1v) is 11.4. The highest BCUT2D eigenvalue weighted by atomic mass is 16.2. The minimum atomic E-state index is 0.159. The molecule has 2 heterocycles. The van der Waals surface area contributed by atoms with Gasteiger partial charge in [0.1, 0.15) is 0 Å². The molecule has 3 aliphatic rings. The molecular weight excluding hydrogens is 368 g/mol. The largest absolute Gasteiger partial charge is 0.356 e. The van der Waals surface area contributed by atoms with Gasteiger partial charge in [0, 0.05) is 65.3 Å². The summed E-state index contributed by atoms with van der Waals surface area (Å²) in [5.41, 5.74) is 0. The molecule has 0 unspecified atom stereocenters. The van der Waals surface area contributed by atoms with Gasteiger partial charge in [-0.25, -0.2) is 0 Å². The standard InChI is InChI=1S/C21H38N6O2/c1-22-21(23-10-6-7-19(28)24-18-8-9-18)27-15-13-25(14-16-27)17-20(29)26-11-4-2-3-5-12-26/h18H,2-17H2,1H3,(H,22,23)(H,24,28). The second-order valence-electron chi connectivity index (χ2n) is 8.48. The zero-order chi connectivity index (χ0) is 20.5. The van der Waals surface area contributed by atoms with Crippen molar-refractivity contribution >= 4 is 17.8 Å². The Kier molecular flexibility index (Phi) is 8.58. The Morgan fingerprint density at radius 1 is 0.931 bits per heavy atom. The first-order valence-electron chi connectivity index (χ1n) is 11.4. The molecule has 2 N–H and O–H groups in total. The summed E-state index contributed by atoms with van der Waals surface area (Å²) >= 11 is 0. The van der Waals surface area contributed by atoms with Crippen LogP contribution in [0.4, 0.5) is 0 Å². The van der Waals surface area contributed by atoms with Crippen molar-refractivity contribution in [1.82, 2.24) is 25.3 Å². The molecule has 8 heteroatoms. The van der Waals surface area contributed by atoms with Gasteiger partial charge in [-0.15, -0.1) is 0 Å². The van der Waals surface area contributed by atoms with Crippen LogP contribution in [0.2, 0.25) is 0 Å². The molecule has 0 aromatic heterocycles. The summed E-state index contributed by atoms with van der Waals surface area (Å²) in [7, 11) is 1.80. The van der Waals surface area contributed by atoms with E-state index in [4.69, 9.17) is 0 Å². The minimum absolute atomic E-state index is 0.159. The molecule has 1 saturated carbocycles. The van der Waals surface area contributed by atoms with Crippen LogP contribution in [0.25, 0.3) is 0 Å². The van der Waals surface area contributed by atoms with Gasteiger partial charge in [0.05, 0.1) is 6.54 Å². The van der Waals surface area contributed by atoms with Crippen molar-refractivity contribution in [3.63, 3.8) is 0 Å². The number of nitrogens with one attached hydrogen (secondary N) is 2. The maximum Gasteiger partial charge on any atom is 0.236 e. The average Bonchev–Trinajstić information content (AvgIpc) is 3.56. The van der Waals surface area contributed by atoms with Crippen LogP contribution in [0.3, 0.4) is 0 Å². The zero-order valence-corrected chi connectivity index (χ0v) is 18.0. The molecule has 2 aliphatic heterocycles. The Labute approximate surface area is 175 Å². The average molecular weight is 407 g/mol. The van der Waals surface area contributed by atoms with Crippen LogP contribution in [-0.2, 0) is 9.59 Å². The van der Waals surface area contributed by atoms with Gasteiger partial charge in [-0.05, 0) is 32.1 Å². The summed E-state index contributed by atoms with van der Waals surface area (Å²) in [6.45, 7) is 6.63. The number of aliphatic imine (C=N–C) groups is 1. The smallest absolute Gasteiger partial charge is 0.236 e. The Bertz CT molecular complexity index is 562. The van der Waals surface area contributed by atoms with E-state index in [2.05, 4.69) is 30.3 Å². The van der Waals surface area contributed by atoms with Crippen molar-refractivity contribution in [2.45, 2.75) is 57.4 Å². The topological polar surface area (TPSA) is 80.3 Å². The molecular formula is C21H38N6O2. The van der Waals surface area contributed by atoms with Gasteiger partial charge < -0.3 is 20.4 Å². The van der Waals surface area contributed by atoms with Crippen LogP contribution >= 0.6 is 0 Å². The molecule has 0 radical (unpaired) electrons. The van der Waals surface area contributed by atoms with Gasteiger partial charge in [0.2, 0.25) is 11.8 Å². The number of likely N-dealkylation sites (tertiary alicyclic amines) is 1. The number of nitrogens with zero attached hydrogens (tertiary/aromatic N) is 4. The molecule has 3 fully saturated rings.